The number of β-lactam (4-membered cyclic amide) rings is 1. The molecule has 1 unspecified atom stereocenters. The lowest BCUT2D eigenvalue weighted by Crippen LogP contribution is -2.70. The summed E-state index contributed by atoms with van der Waals surface area (Å²) in [4.78, 5) is 83.0. The Morgan fingerprint density at radius 3 is 2.38 bits per heavy atom. The number of hydrogen-bond donors (Lipinski definition) is 5. The van der Waals surface area contributed by atoms with Crippen LogP contribution in [0.2, 0.25) is 0 Å². The quantitative estimate of drug-likeness (QED) is 0.0872. The van der Waals surface area contributed by atoms with Crippen LogP contribution in [0.5, 0.6) is 0 Å². The lowest BCUT2D eigenvalue weighted by molar-refractivity contribution is -0.324. The van der Waals surface area contributed by atoms with Gasteiger partial charge in [-0.15, -0.1) is 23.1 Å². The summed E-state index contributed by atoms with van der Waals surface area (Å²) in [7, 11) is 0. The summed E-state index contributed by atoms with van der Waals surface area (Å²) in [5.41, 5.74) is 5.24. The summed E-state index contributed by atoms with van der Waals surface area (Å²) >= 11 is 2.30. The number of anilines is 1. The van der Waals surface area contributed by atoms with Gasteiger partial charge in [-0.3, -0.25) is 24.1 Å². The average molecular weight is 897 g/mol. The van der Waals surface area contributed by atoms with E-state index in [0.29, 0.717) is 18.5 Å². The lowest BCUT2D eigenvalue weighted by atomic mass is 10.0. The average Bonchev–Trinajstić information content (AvgIpc) is 3.84. The van der Waals surface area contributed by atoms with Crippen molar-refractivity contribution < 1.29 is 62.3 Å². The number of unbranched alkanes of at least 4 members (excludes halogenated alkanes) is 9. The number of carboxylic acids is 1. The lowest BCUT2D eigenvalue weighted by Gasteiger charge is -2.49. The monoisotopic (exact) mass is 896 g/mol. The number of carbonyl (C=O) groups excluding carboxylic acids is 5. The first-order chi connectivity index (χ1) is 28.9. The fourth-order valence-electron chi connectivity index (χ4n) is 8.18. The second-order valence-electron chi connectivity index (χ2n) is 16.8. The van der Waals surface area contributed by atoms with Crippen LogP contribution < -0.4 is 21.7 Å². The van der Waals surface area contributed by atoms with Gasteiger partial charge in [-0.05, 0) is 34.1 Å². The molecule has 0 bridgehead atoms. The van der Waals surface area contributed by atoms with Gasteiger partial charge in [-0.25, -0.2) is 14.6 Å². The van der Waals surface area contributed by atoms with E-state index in [2.05, 4.69) is 27.9 Å². The molecular formula is C40H58N6O13S2. The molecule has 1 aromatic rings. The molecule has 6 heterocycles. The Morgan fingerprint density at radius 2 is 1.70 bits per heavy atom. The summed E-state index contributed by atoms with van der Waals surface area (Å²) < 4.78 is 35.4. The van der Waals surface area contributed by atoms with Gasteiger partial charge >= 0.3 is 12.1 Å². The van der Waals surface area contributed by atoms with Crippen molar-refractivity contribution in [3.05, 3.63) is 22.3 Å². The molecule has 5 amide bonds. The number of aromatic nitrogens is 1. The third-order valence-corrected chi connectivity index (χ3v) is 13.2. The number of hydrogen-bond acceptors (Lipinski definition) is 15. The van der Waals surface area contributed by atoms with Gasteiger partial charge in [0.05, 0.1) is 18.7 Å². The van der Waals surface area contributed by atoms with E-state index in [4.69, 9.17) is 34.2 Å². The largest absolute Gasteiger partial charge is 0.477 e. The highest BCUT2D eigenvalue weighted by molar-refractivity contribution is 8.00. The van der Waals surface area contributed by atoms with E-state index in [0.717, 1.165) is 41.9 Å². The molecule has 6 N–H and O–H groups in total. The normalized spacial score (nSPS) is 27.6. The van der Waals surface area contributed by atoms with E-state index >= 15 is 0 Å². The van der Waals surface area contributed by atoms with Crippen molar-refractivity contribution in [1.82, 2.24) is 20.5 Å². The molecule has 0 saturated carbocycles. The predicted octanol–water partition coefficient (Wildman–Crippen LogP) is 3.65. The van der Waals surface area contributed by atoms with Gasteiger partial charge in [0, 0.05) is 16.7 Å². The number of aliphatic carboxylic acids is 1. The molecule has 5 aliphatic heterocycles. The summed E-state index contributed by atoms with van der Waals surface area (Å²) in [5.74, 6) is -7.63. The van der Waals surface area contributed by atoms with Crippen LogP contribution in [0, 0.1) is 0 Å². The van der Waals surface area contributed by atoms with Crippen molar-refractivity contribution in [2.24, 2.45) is 5.73 Å². The number of carboxylic acid groups (broad SMARTS) is 1. The second kappa shape index (κ2) is 19.7. The van der Waals surface area contributed by atoms with Gasteiger partial charge < -0.3 is 55.2 Å². The van der Waals surface area contributed by atoms with Crippen LogP contribution >= 0.6 is 23.1 Å². The van der Waals surface area contributed by atoms with Gasteiger partial charge in [0.25, 0.3) is 17.6 Å². The van der Waals surface area contributed by atoms with Crippen LogP contribution in [0.4, 0.5) is 9.93 Å². The smallest absolute Gasteiger partial charge is 0.404 e. The third kappa shape index (κ3) is 11.0. The number of thioether (sulfide) groups is 1. The fourth-order valence-corrected chi connectivity index (χ4v) is 10.2. The number of nitrogens with two attached hydrogens (primary N) is 1. The summed E-state index contributed by atoms with van der Waals surface area (Å²) in [6.07, 6.45) is 7.70. The highest BCUT2D eigenvalue weighted by Gasteiger charge is 2.71. The van der Waals surface area contributed by atoms with E-state index in [1.165, 1.54) is 43.9 Å². The van der Waals surface area contributed by atoms with Crippen LogP contribution in [0.3, 0.4) is 0 Å². The topological polar surface area (TPSA) is 256 Å². The Hall–Kier alpha value is -3.86. The van der Waals surface area contributed by atoms with Gasteiger partial charge in [0.1, 0.15) is 42.0 Å². The van der Waals surface area contributed by atoms with Crippen LogP contribution in [0.15, 0.2) is 16.7 Å². The molecule has 61 heavy (non-hydrogen) atoms. The number of primary amides is 1. The molecular weight excluding hydrogens is 839 g/mol. The van der Waals surface area contributed by atoms with Crippen LogP contribution in [0.25, 0.3) is 0 Å². The van der Waals surface area contributed by atoms with Gasteiger partial charge in [-0.2, -0.15) is 0 Å². The molecule has 0 aromatic carbocycles. The first-order valence-corrected chi connectivity index (χ1v) is 22.9. The van der Waals surface area contributed by atoms with E-state index < -0.39 is 88.8 Å². The first-order valence-electron chi connectivity index (χ1n) is 21.0. The van der Waals surface area contributed by atoms with Crippen molar-refractivity contribution in [2.45, 2.75) is 165 Å². The molecule has 21 heteroatoms. The standard InChI is InChI=1S/C40H58N6O13S2/c1-6-7-8-9-10-11-12-13-14-15-16-24(43-35(52)40-30(58-39(4,5)59-40)29-25(56-40)19-55-38(2,3)57-29)31(48)45-37-42-23(21-61-37)17-26(47)44-27-32(49)46-28(34(50)51)22(18-54-36(41)53)20-60-33(27)46/h21,24-25,27,29-30,33H,6-20H2,1-5H3,(H2,41,53)(H,43,52)(H,44,47)(H,50,51)(H,42,45,48)/t24?,25-,27+,29+,30-,33+,40+/m0/s1/i37+2. The van der Waals surface area contributed by atoms with Crippen LogP contribution in [-0.2, 0) is 58.8 Å². The summed E-state index contributed by atoms with van der Waals surface area (Å²) in [5, 5.41) is 19.2. The SMILES string of the molecule is CCCCCCCCCCCCC(NC(=O)[C@@]12O[C@H]3COC(C)(C)O[C@H]3[C@@H]1OC(C)(C)O2)C(=O)N[14c]1nc(CC(=O)N[C@@H]2C(=O)N3C(C(=O)O)=C(COC(N)=O)CS[C@H]23)cs1. The van der Waals surface area contributed by atoms with Crippen molar-refractivity contribution in [3.8, 4) is 0 Å². The molecule has 0 aliphatic carbocycles. The maximum absolute atomic E-state index is 14.3. The molecule has 0 radical (unpaired) electrons. The van der Waals surface area contributed by atoms with Crippen molar-refractivity contribution in [3.63, 3.8) is 0 Å². The van der Waals surface area contributed by atoms with E-state index in [9.17, 15) is 33.9 Å². The minimum Gasteiger partial charge on any atom is -0.477 e. The van der Waals surface area contributed by atoms with Gasteiger partial charge in [0.2, 0.25) is 11.8 Å². The number of ether oxygens (including phenoxy) is 6. The Balaban J connectivity index is 1.07. The highest BCUT2D eigenvalue weighted by atomic mass is 32.2. The van der Waals surface area contributed by atoms with Crippen LogP contribution in [0.1, 0.15) is 111 Å². The van der Waals surface area contributed by atoms with Crippen molar-refractivity contribution in [1.29, 1.82) is 0 Å². The molecule has 338 valence electrons. The second-order valence-corrected chi connectivity index (χ2v) is 18.7. The number of carbonyl (C=O) groups is 6. The fraction of sp³-hybridized carbons (Fsp3) is 0.725. The molecule has 1 aromatic heterocycles. The van der Waals surface area contributed by atoms with E-state index in [-0.39, 0.29) is 41.8 Å². The number of nitrogens with zero attached hydrogens (tertiary/aromatic N) is 2. The number of fused-ring (bicyclic) bond motifs is 4. The van der Waals surface area contributed by atoms with Crippen molar-refractivity contribution >= 4 is 63.9 Å². The zero-order valence-electron chi connectivity index (χ0n) is 35.3. The Kier molecular flexibility index (Phi) is 15.0. The molecule has 4 saturated heterocycles. The maximum Gasteiger partial charge on any atom is 0.404 e. The number of amides is 5. The molecule has 4 fully saturated rings. The first kappa shape index (κ1) is 46.6. The van der Waals surface area contributed by atoms with Crippen LogP contribution in [-0.4, -0.2) is 123 Å². The number of nitrogens with one attached hydrogen (secondary N) is 3. The van der Waals surface area contributed by atoms with Gasteiger partial charge in [-0.1, -0.05) is 71.1 Å². The minimum atomic E-state index is -1.90. The predicted molar refractivity (Wildman–Crippen MR) is 221 cm³/mol. The Bertz CT molecular complexity index is 1860. The van der Waals surface area contributed by atoms with E-state index in [1.54, 1.807) is 33.1 Å². The number of rotatable bonds is 21. The van der Waals surface area contributed by atoms with Gasteiger partial charge in [0.15, 0.2) is 22.8 Å². The molecule has 6 rings (SSSR count). The summed E-state index contributed by atoms with van der Waals surface area (Å²) in [6, 6.07) is -2.00. The summed E-state index contributed by atoms with van der Waals surface area (Å²) in [6.45, 7) is 8.87. The molecule has 7 atom stereocenters. The molecule has 19 nitrogen and oxygen atoms in total. The maximum atomic E-state index is 14.3. The molecule has 5 aliphatic rings. The number of thiazole rings is 1. The zero-order valence-corrected chi connectivity index (χ0v) is 36.9. The third-order valence-electron chi connectivity index (χ3n) is 11.1. The minimum absolute atomic E-state index is 0.141. The van der Waals surface area contributed by atoms with E-state index in [1.807, 2.05) is 0 Å². The molecule has 0 spiro atoms. The Morgan fingerprint density at radius 1 is 1.02 bits per heavy atom. The van der Waals surface area contributed by atoms with Crippen molar-refractivity contribution in [2.75, 3.05) is 24.3 Å². The highest BCUT2D eigenvalue weighted by Crippen LogP contribution is 2.49. The zero-order chi connectivity index (χ0) is 44.1. The Labute approximate surface area is 362 Å².